The average Bonchev–Trinajstić information content (AvgIpc) is 2.95. The van der Waals surface area contributed by atoms with E-state index in [2.05, 4.69) is 10.3 Å². The van der Waals surface area contributed by atoms with Crippen LogP contribution in [0.3, 0.4) is 0 Å². The van der Waals surface area contributed by atoms with Gasteiger partial charge in [0.15, 0.2) is 0 Å². The molecule has 140 valence electrons. The third-order valence-corrected chi connectivity index (χ3v) is 4.08. The van der Waals surface area contributed by atoms with Crippen LogP contribution < -0.4 is 5.32 Å². The molecule has 0 radical (unpaired) electrons. The second-order valence-electron chi connectivity index (χ2n) is 5.72. The number of H-pyrrole nitrogens is 1. The standard InChI is InChI=1S/C18H20F2N2O4/c1-4-13-15(18(25)26-3)9(2)16(22-13)17(24)21-8-14(23)11-6-5-10(19)7-12(11)20/h5-7,14,22-23H,4,8H2,1-3H3,(H,21,24). The molecule has 0 aliphatic carbocycles. The van der Waals surface area contributed by atoms with E-state index in [1.807, 2.05) is 6.92 Å². The topological polar surface area (TPSA) is 91.4 Å². The minimum atomic E-state index is -1.35. The van der Waals surface area contributed by atoms with Crippen molar-refractivity contribution < 1.29 is 28.2 Å². The summed E-state index contributed by atoms with van der Waals surface area (Å²) in [5.41, 5.74) is 1.32. The van der Waals surface area contributed by atoms with Crippen LogP contribution in [0.15, 0.2) is 18.2 Å². The minimum Gasteiger partial charge on any atom is -0.465 e. The Hall–Kier alpha value is -2.74. The maximum atomic E-state index is 13.7. The summed E-state index contributed by atoms with van der Waals surface area (Å²) < 4.78 is 31.3. The number of aromatic amines is 1. The van der Waals surface area contributed by atoms with Crippen LogP contribution in [-0.4, -0.2) is 35.6 Å². The molecule has 1 atom stereocenters. The maximum absolute atomic E-state index is 13.7. The smallest absolute Gasteiger partial charge is 0.339 e. The molecule has 1 unspecified atom stereocenters. The van der Waals surface area contributed by atoms with Crippen LogP contribution in [0.4, 0.5) is 8.78 Å². The molecule has 8 heteroatoms. The van der Waals surface area contributed by atoms with E-state index in [-0.39, 0.29) is 17.8 Å². The summed E-state index contributed by atoms with van der Waals surface area (Å²) in [6.07, 6.45) is -0.859. The molecule has 0 aliphatic rings. The number of hydrogen-bond donors (Lipinski definition) is 3. The van der Waals surface area contributed by atoms with Crippen LogP contribution in [0, 0.1) is 18.6 Å². The Morgan fingerprint density at radius 3 is 2.62 bits per heavy atom. The molecule has 6 nitrogen and oxygen atoms in total. The van der Waals surface area contributed by atoms with Gasteiger partial charge in [-0.1, -0.05) is 13.0 Å². The number of aromatic nitrogens is 1. The van der Waals surface area contributed by atoms with Crippen molar-refractivity contribution in [3.05, 3.63) is 57.9 Å². The van der Waals surface area contributed by atoms with Gasteiger partial charge in [0.2, 0.25) is 0 Å². The third-order valence-electron chi connectivity index (χ3n) is 4.08. The molecule has 1 aromatic carbocycles. The van der Waals surface area contributed by atoms with Gasteiger partial charge in [0, 0.05) is 23.9 Å². The van der Waals surface area contributed by atoms with Gasteiger partial charge in [0.1, 0.15) is 17.3 Å². The van der Waals surface area contributed by atoms with Crippen molar-refractivity contribution in [3.63, 3.8) is 0 Å². The van der Waals surface area contributed by atoms with Crippen molar-refractivity contribution in [1.29, 1.82) is 0 Å². The molecule has 26 heavy (non-hydrogen) atoms. The molecule has 2 aromatic rings. The average molecular weight is 366 g/mol. The number of methoxy groups -OCH3 is 1. The SMILES string of the molecule is CCc1[nH]c(C(=O)NCC(O)c2ccc(F)cc2F)c(C)c1C(=O)OC. The monoisotopic (exact) mass is 366 g/mol. The number of aliphatic hydroxyl groups excluding tert-OH is 1. The highest BCUT2D eigenvalue weighted by Gasteiger charge is 2.24. The lowest BCUT2D eigenvalue weighted by molar-refractivity contribution is 0.0599. The normalized spacial score (nSPS) is 11.9. The zero-order valence-corrected chi connectivity index (χ0v) is 14.7. The molecule has 0 aliphatic heterocycles. The molecule has 3 N–H and O–H groups in total. The fraction of sp³-hybridized carbons (Fsp3) is 0.333. The molecule has 1 aromatic heterocycles. The number of rotatable bonds is 6. The summed E-state index contributed by atoms with van der Waals surface area (Å²) in [7, 11) is 1.25. The van der Waals surface area contributed by atoms with Gasteiger partial charge in [0.25, 0.3) is 5.91 Å². The van der Waals surface area contributed by atoms with Crippen molar-refractivity contribution >= 4 is 11.9 Å². The second-order valence-corrected chi connectivity index (χ2v) is 5.72. The summed E-state index contributed by atoms with van der Waals surface area (Å²) in [4.78, 5) is 27.1. The molecule has 0 bridgehead atoms. The largest absolute Gasteiger partial charge is 0.465 e. The number of benzene rings is 1. The van der Waals surface area contributed by atoms with Gasteiger partial charge in [-0.25, -0.2) is 13.6 Å². The Labute approximate surface area is 149 Å². The minimum absolute atomic E-state index is 0.126. The Kier molecular flexibility index (Phi) is 6.10. The molecular weight excluding hydrogens is 346 g/mol. The highest BCUT2D eigenvalue weighted by atomic mass is 19.1. The quantitative estimate of drug-likeness (QED) is 0.685. The maximum Gasteiger partial charge on any atom is 0.339 e. The van der Waals surface area contributed by atoms with Gasteiger partial charge in [-0.15, -0.1) is 0 Å². The number of carbonyl (C=O) groups is 2. The van der Waals surface area contributed by atoms with Crippen molar-refractivity contribution in [2.24, 2.45) is 0 Å². The van der Waals surface area contributed by atoms with Crippen LogP contribution in [0.25, 0.3) is 0 Å². The summed E-state index contributed by atoms with van der Waals surface area (Å²) in [5.74, 6) is -2.77. The van der Waals surface area contributed by atoms with E-state index in [9.17, 15) is 23.5 Å². The van der Waals surface area contributed by atoms with Gasteiger partial charge in [0.05, 0.1) is 18.8 Å². The summed E-state index contributed by atoms with van der Waals surface area (Å²) >= 11 is 0. The number of carbonyl (C=O) groups excluding carboxylic acids is 2. The predicted molar refractivity (Wildman–Crippen MR) is 89.9 cm³/mol. The lowest BCUT2D eigenvalue weighted by Crippen LogP contribution is -2.29. The first-order valence-electron chi connectivity index (χ1n) is 8.01. The molecule has 1 amide bonds. The molecular formula is C18H20F2N2O4. The van der Waals surface area contributed by atoms with Crippen LogP contribution in [-0.2, 0) is 11.2 Å². The number of aryl methyl sites for hydroxylation is 1. The van der Waals surface area contributed by atoms with Crippen molar-refractivity contribution in [1.82, 2.24) is 10.3 Å². The van der Waals surface area contributed by atoms with Crippen LogP contribution in [0.5, 0.6) is 0 Å². The Morgan fingerprint density at radius 1 is 1.35 bits per heavy atom. The third kappa shape index (κ3) is 3.91. The molecule has 1 heterocycles. The van der Waals surface area contributed by atoms with Crippen LogP contribution in [0.1, 0.15) is 50.7 Å². The summed E-state index contributed by atoms with van der Waals surface area (Å²) in [6, 6.07) is 2.80. The van der Waals surface area contributed by atoms with Crippen molar-refractivity contribution in [3.8, 4) is 0 Å². The lowest BCUT2D eigenvalue weighted by atomic mass is 10.1. The van der Waals surface area contributed by atoms with Gasteiger partial charge in [-0.2, -0.15) is 0 Å². The highest BCUT2D eigenvalue weighted by Crippen LogP contribution is 2.21. The highest BCUT2D eigenvalue weighted by molar-refractivity contribution is 6.00. The van der Waals surface area contributed by atoms with Gasteiger partial charge >= 0.3 is 5.97 Å². The van der Waals surface area contributed by atoms with Gasteiger partial charge < -0.3 is 20.1 Å². The Morgan fingerprint density at radius 2 is 2.04 bits per heavy atom. The van der Waals surface area contributed by atoms with E-state index >= 15 is 0 Å². The number of hydrogen-bond acceptors (Lipinski definition) is 4. The first-order chi connectivity index (χ1) is 12.3. The Bertz CT molecular complexity index is 833. The van der Waals surface area contributed by atoms with E-state index in [4.69, 9.17) is 4.74 Å². The number of nitrogens with one attached hydrogen (secondary N) is 2. The fourth-order valence-electron chi connectivity index (χ4n) is 2.69. The van der Waals surface area contributed by atoms with Gasteiger partial charge in [-0.05, 0) is 25.0 Å². The zero-order valence-electron chi connectivity index (χ0n) is 14.7. The van der Waals surface area contributed by atoms with E-state index in [0.717, 1.165) is 12.1 Å². The number of esters is 1. The van der Waals surface area contributed by atoms with E-state index in [1.165, 1.54) is 7.11 Å². The van der Waals surface area contributed by atoms with E-state index < -0.39 is 29.6 Å². The first kappa shape index (κ1) is 19.6. The molecule has 0 spiro atoms. The summed E-state index contributed by atoms with van der Waals surface area (Å²) in [6.45, 7) is 3.14. The number of aliphatic hydroxyl groups is 1. The molecule has 0 fully saturated rings. The molecule has 2 rings (SSSR count). The van der Waals surface area contributed by atoms with Crippen molar-refractivity contribution in [2.75, 3.05) is 13.7 Å². The van der Waals surface area contributed by atoms with E-state index in [1.54, 1.807) is 6.92 Å². The fourth-order valence-corrected chi connectivity index (χ4v) is 2.69. The van der Waals surface area contributed by atoms with Crippen LogP contribution >= 0.6 is 0 Å². The Balaban J connectivity index is 2.15. The number of amides is 1. The second kappa shape index (κ2) is 8.09. The molecule has 0 saturated heterocycles. The molecule has 0 saturated carbocycles. The lowest BCUT2D eigenvalue weighted by Gasteiger charge is -2.13. The van der Waals surface area contributed by atoms with Gasteiger partial charge in [-0.3, -0.25) is 4.79 Å². The number of halogens is 2. The zero-order chi connectivity index (χ0) is 19.4. The first-order valence-corrected chi connectivity index (χ1v) is 8.01. The van der Waals surface area contributed by atoms with E-state index in [0.29, 0.717) is 29.3 Å². The predicted octanol–water partition coefficient (Wildman–Crippen LogP) is 2.41. The van der Waals surface area contributed by atoms with Crippen molar-refractivity contribution in [2.45, 2.75) is 26.4 Å². The summed E-state index contributed by atoms with van der Waals surface area (Å²) in [5, 5.41) is 12.5. The number of ether oxygens (including phenoxy) is 1. The van der Waals surface area contributed by atoms with Crippen LogP contribution in [0.2, 0.25) is 0 Å².